The minimum atomic E-state index is -0.179. The third-order valence-electron chi connectivity index (χ3n) is 5.18. The van der Waals surface area contributed by atoms with E-state index in [1.807, 2.05) is 30.5 Å². The van der Waals surface area contributed by atoms with E-state index in [4.69, 9.17) is 4.74 Å². The summed E-state index contributed by atoms with van der Waals surface area (Å²) in [5, 5.41) is 5.76. The van der Waals surface area contributed by atoms with Crippen molar-refractivity contribution in [1.29, 1.82) is 0 Å². The highest BCUT2D eigenvalue weighted by atomic mass is 32.1. The molecule has 2 aromatic rings. The number of carbonyl (C=O) groups excluding carboxylic acids is 2. The number of esters is 1. The Morgan fingerprint density at radius 3 is 2.79 bits per heavy atom. The van der Waals surface area contributed by atoms with E-state index in [-0.39, 0.29) is 23.7 Å². The van der Waals surface area contributed by atoms with Gasteiger partial charge in [-0.15, -0.1) is 11.3 Å². The zero-order valence-electron chi connectivity index (χ0n) is 16.3. The Morgan fingerprint density at radius 2 is 2.07 bits per heavy atom. The molecule has 1 saturated carbocycles. The molecule has 0 saturated heterocycles. The van der Waals surface area contributed by atoms with Crippen molar-refractivity contribution in [3.63, 3.8) is 0 Å². The Morgan fingerprint density at radius 1 is 1.25 bits per heavy atom. The largest absolute Gasteiger partial charge is 0.466 e. The second-order valence-electron chi connectivity index (χ2n) is 7.35. The maximum Gasteiger partial charge on any atom is 0.306 e. The Hall–Kier alpha value is -2.28. The first kappa shape index (κ1) is 20.5. The van der Waals surface area contributed by atoms with E-state index in [0.29, 0.717) is 19.6 Å². The van der Waals surface area contributed by atoms with Gasteiger partial charge in [-0.05, 0) is 37.3 Å². The fourth-order valence-corrected chi connectivity index (χ4v) is 4.54. The molecule has 28 heavy (non-hydrogen) atoms. The molecule has 3 rings (SSSR count). The van der Waals surface area contributed by atoms with Crippen LogP contribution in [0.5, 0.6) is 0 Å². The van der Waals surface area contributed by atoms with Gasteiger partial charge in [-0.1, -0.05) is 25.3 Å². The number of ether oxygens (including phenoxy) is 1. The quantitative estimate of drug-likeness (QED) is 0.681. The number of nitrogens with zero attached hydrogens (tertiary/aromatic N) is 2. The summed E-state index contributed by atoms with van der Waals surface area (Å²) in [5.41, 5.74) is 1.38. The molecule has 1 aliphatic rings. The summed E-state index contributed by atoms with van der Waals surface area (Å²) in [6.07, 6.45) is 7.62. The van der Waals surface area contributed by atoms with Crippen molar-refractivity contribution >= 4 is 23.2 Å². The van der Waals surface area contributed by atoms with Gasteiger partial charge in [-0.3, -0.25) is 14.6 Å². The Labute approximate surface area is 169 Å². The number of rotatable bonds is 8. The predicted molar refractivity (Wildman–Crippen MR) is 109 cm³/mol. The number of nitrogens with one attached hydrogen (secondary N) is 1. The third kappa shape index (κ3) is 5.61. The van der Waals surface area contributed by atoms with Crippen LogP contribution in [-0.2, 0) is 20.7 Å². The van der Waals surface area contributed by atoms with Crippen LogP contribution in [0.1, 0.15) is 51.1 Å². The van der Waals surface area contributed by atoms with Crippen molar-refractivity contribution in [3.05, 3.63) is 35.5 Å². The summed E-state index contributed by atoms with van der Waals surface area (Å²) in [4.78, 5) is 33.3. The maximum atomic E-state index is 12.5. The highest BCUT2D eigenvalue weighted by molar-refractivity contribution is 7.13. The normalized spacial score (nSPS) is 15.8. The van der Waals surface area contributed by atoms with E-state index in [0.717, 1.165) is 42.1 Å². The Balaban J connectivity index is 1.56. The van der Waals surface area contributed by atoms with Gasteiger partial charge in [0.25, 0.3) is 0 Å². The van der Waals surface area contributed by atoms with Gasteiger partial charge >= 0.3 is 5.97 Å². The summed E-state index contributed by atoms with van der Waals surface area (Å²) in [6, 6.07) is 5.69. The van der Waals surface area contributed by atoms with Crippen LogP contribution in [0.25, 0.3) is 10.7 Å². The van der Waals surface area contributed by atoms with Gasteiger partial charge in [-0.2, -0.15) is 0 Å². The lowest BCUT2D eigenvalue weighted by Gasteiger charge is -2.36. The van der Waals surface area contributed by atoms with Crippen LogP contribution in [0, 0.1) is 5.41 Å². The first-order chi connectivity index (χ1) is 13.6. The molecule has 0 unspecified atom stereocenters. The van der Waals surface area contributed by atoms with Gasteiger partial charge in [0.2, 0.25) is 5.91 Å². The molecule has 0 radical (unpaired) electrons. The molecule has 2 heterocycles. The standard InChI is InChI=1S/C21H27N3O3S/c1-2-27-19(26)13-21(9-5-3-6-10-21)15-23-18(25)12-16-14-28-20(24-16)17-8-4-7-11-22-17/h4,7-8,11,14H,2-3,5-6,9-10,12-13,15H2,1H3,(H,23,25). The van der Waals surface area contributed by atoms with Gasteiger partial charge < -0.3 is 10.1 Å². The highest BCUT2D eigenvalue weighted by Crippen LogP contribution is 2.39. The van der Waals surface area contributed by atoms with Gasteiger partial charge in [0.05, 0.1) is 30.8 Å². The fraction of sp³-hybridized carbons (Fsp3) is 0.524. The minimum absolute atomic E-state index is 0.0633. The molecule has 1 aliphatic carbocycles. The highest BCUT2D eigenvalue weighted by Gasteiger charge is 2.35. The molecule has 0 spiro atoms. The van der Waals surface area contributed by atoms with Crippen LogP contribution in [0.4, 0.5) is 0 Å². The summed E-state index contributed by atoms with van der Waals surface area (Å²) in [5.74, 6) is -0.232. The van der Waals surface area contributed by atoms with Gasteiger partial charge in [-0.25, -0.2) is 4.98 Å². The van der Waals surface area contributed by atoms with Crippen molar-refractivity contribution in [1.82, 2.24) is 15.3 Å². The van der Waals surface area contributed by atoms with Crippen LogP contribution in [0.3, 0.4) is 0 Å². The van der Waals surface area contributed by atoms with Crippen LogP contribution in [0.15, 0.2) is 29.8 Å². The van der Waals surface area contributed by atoms with Gasteiger partial charge in [0.15, 0.2) is 0 Å². The third-order valence-corrected chi connectivity index (χ3v) is 6.09. The number of pyridine rings is 1. The SMILES string of the molecule is CCOC(=O)CC1(CNC(=O)Cc2csc(-c3ccccn3)n2)CCCCC1. The molecule has 1 fully saturated rings. The predicted octanol–water partition coefficient (Wildman–Crippen LogP) is 3.77. The second-order valence-corrected chi connectivity index (χ2v) is 8.21. The molecule has 7 heteroatoms. The van der Waals surface area contributed by atoms with Crippen LogP contribution in [-0.4, -0.2) is 35.0 Å². The fourth-order valence-electron chi connectivity index (χ4n) is 3.74. The Kier molecular flexibility index (Phi) is 7.14. The van der Waals surface area contributed by atoms with Crippen LogP contribution >= 0.6 is 11.3 Å². The molecule has 2 aromatic heterocycles. The van der Waals surface area contributed by atoms with E-state index in [9.17, 15) is 9.59 Å². The molecule has 6 nitrogen and oxygen atoms in total. The molecule has 1 amide bonds. The topological polar surface area (TPSA) is 81.2 Å². The molecule has 0 aliphatic heterocycles. The van der Waals surface area contributed by atoms with Crippen molar-refractivity contribution in [2.24, 2.45) is 5.41 Å². The minimum Gasteiger partial charge on any atom is -0.466 e. The van der Waals surface area contributed by atoms with Crippen LogP contribution < -0.4 is 5.32 Å². The van der Waals surface area contributed by atoms with Crippen molar-refractivity contribution in [2.45, 2.75) is 51.9 Å². The lowest BCUT2D eigenvalue weighted by molar-refractivity contribution is -0.146. The smallest absolute Gasteiger partial charge is 0.306 e. The van der Waals surface area contributed by atoms with E-state index < -0.39 is 0 Å². The summed E-state index contributed by atoms with van der Waals surface area (Å²) < 4.78 is 5.15. The molecule has 150 valence electrons. The average molecular weight is 402 g/mol. The molecule has 1 N–H and O–H groups in total. The lowest BCUT2D eigenvalue weighted by atomic mass is 9.71. The summed E-state index contributed by atoms with van der Waals surface area (Å²) >= 11 is 1.49. The van der Waals surface area contributed by atoms with E-state index in [1.54, 1.807) is 6.20 Å². The maximum absolute atomic E-state index is 12.5. The average Bonchev–Trinajstić information content (AvgIpc) is 3.16. The molecule has 0 bridgehead atoms. The van der Waals surface area contributed by atoms with Crippen LogP contribution in [0.2, 0.25) is 0 Å². The molecular formula is C21H27N3O3S. The lowest BCUT2D eigenvalue weighted by Crippen LogP contribution is -2.41. The second kappa shape index (κ2) is 9.78. The molecule has 0 aromatic carbocycles. The number of carbonyl (C=O) groups is 2. The molecular weight excluding hydrogens is 374 g/mol. The van der Waals surface area contributed by atoms with E-state index in [2.05, 4.69) is 15.3 Å². The number of amides is 1. The zero-order valence-corrected chi connectivity index (χ0v) is 17.1. The first-order valence-electron chi connectivity index (χ1n) is 9.88. The first-order valence-corrected chi connectivity index (χ1v) is 10.8. The number of hydrogen-bond donors (Lipinski definition) is 1. The number of thiazole rings is 1. The van der Waals surface area contributed by atoms with Crippen molar-refractivity contribution in [3.8, 4) is 10.7 Å². The molecule has 0 atom stereocenters. The van der Waals surface area contributed by atoms with E-state index >= 15 is 0 Å². The van der Waals surface area contributed by atoms with Gasteiger partial charge in [0, 0.05) is 18.1 Å². The number of aromatic nitrogens is 2. The van der Waals surface area contributed by atoms with Crippen molar-refractivity contribution < 1.29 is 14.3 Å². The monoisotopic (exact) mass is 401 g/mol. The summed E-state index contributed by atoms with van der Waals surface area (Å²) in [6.45, 7) is 2.73. The van der Waals surface area contributed by atoms with Gasteiger partial charge in [0.1, 0.15) is 5.01 Å². The zero-order chi connectivity index (χ0) is 19.8. The van der Waals surface area contributed by atoms with Crippen molar-refractivity contribution in [2.75, 3.05) is 13.2 Å². The summed E-state index contributed by atoms with van der Waals surface area (Å²) in [7, 11) is 0. The number of hydrogen-bond acceptors (Lipinski definition) is 6. The van der Waals surface area contributed by atoms with E-state index in [1.165, 1.54) is 17.8 Å². The Bertz CT molecular complexity index is 785.